The Morgan fingerprint density at radius 2 is 1.74 bits per heavy atom. The average molecular weight is 439 g/mol. The van der Waals surface area contributed by atoms with Crippen LogP contribution in [0.3, 0.4) is 0 Å². The number of hydrogen-bond donors (Lipinski definition) is 1. The number of hydrogen-bond acceptors (Lipinski definition) is 6. The third-order valence-corrected chi connectivity index (χ3v) is 5.67. The van der Waals surface area contributed by atoms with Gasteiger partial charge in [0.1, 0.15) is 6.61 Å². The predicted molar refractivity (Wildman–Crippen MR) is 122 cm³/mol. The van der Waals surface area contributed by atoms with E-state index in [0.29, 0.717) is 45.4 Å². The summed E-state index contributed by atoms with van der Waals surface area (Å²) in [5.74, 6) is 0.682. The smallest absolute Gasteiger partial charge is 0.161 e. The van der Waals surface area contributed by atoms with Crippen molar-refractivity contribution in [3.63, 3.8) is 0 Å². The van der Waals surface area contributed by atoms with Crippen LogP contribution in [0, 0.1) is 0 Å². The molecule has 1 saturated heterocycles. The molecule has 1 atom stereocenters. The normalized spacial score (nSPS) is 17.1. The molecule has 1 aliphatic rings. The van der Waals surface area contributed by atoms with Crippen molar-refractivity contribution in [2.75, 3.05) is 46.2 Å². The predicted octanol–water partition coefficient (Wildman–Crippen LogP) is 5.21. The van der Waals surface area contributed by atoms with E-state index in [1.807, 2.05) is 12.1 Å². The molecule has 6 heteroatoms. The van der Waals surface area contributed by atoms with Crippen molar-refractivity contribution < 1.29 is 28.8 Å². The Kier molecular flexibility index (Phi) is 12.3. The highest BCUT2D eigenvalue weighted by molar-refractivity contribution is 5.43. The summed E-state index contributed by atoms with van der Waals surface area (Å²) in [7, 11) is 0. The van der Waals surface area contributed by atoms with Gasteiger partial charge in [0.2, 0.25) is 0 Å². The summed E-state index contributed by atoms with van der Waals surface area (Å²) in [6.07, 6.45) is 7.96. The summed E-state index contributed by atoms with van der Waals surface area (Å²) in [5, 5.41) is 10.3. The van der Waals surface area contributed by atoms with Crippen molar-refractivity contribution in [3.05, 3.63) is 23.8 Å². The second-order valence-corrected chi connectivity index (χ2v) is 8.76. The molecule has 0 bridgehead atoms. The highest BCUT2D eigenvalue weighted by atomic mass is 16.7. The number of phenolic OH excluding ortho intramolecular Hbond substituents is 1. The average Bonchev–Trinajstić information content (AvgIpc) is 2.76. The first-order valence-electron chi connectivity index (χ1n) is 11.9. The number of unbranched alkanes of at least 4 members (excludes halogenated alkanes) is 2. The topological polar surface area (TPSA) is 66.4 Å². The van der Waals surface area contributed by atoms with E-state index in [0.717, 1.165) is 31.4 Å². The molecular weight excluding hydrogens is 396 g/mol. The van der Waals surface area contributed by atoms with Crippen LogP contribution >= 0.6 is 0 Å². The lowest BCUT2D eigenvalue weighted by Crippen LogP contribution is -2.24. The van der Waals surface area contributed by atoms with Gasteiger partial charge in [-0.25, -0.2) is 0 Å². The summed E-state index contributed by atoms with van der Waals surface area (Å²) < 4.78 is 27.8. The fourth-order valence-corrected chi connectivity index (χ4v) is 3.64. The molecular formula is C25H42O6. The van der Waals surface area contributed by atoms with Gasteiger partial charge in [-0.3, -0.25) is 0 Å². The van der Waals surface area contributed by atoms with E-state index in [2.05, 4.69) is 26.8 Å². The number of benzene rings is 1. The van der Waals surface area contributed by atoms with Crippen molar-refractivity contribution in [1.82, 2.24) is 0 Å². The molecule has 0 spiro atoms. The van der Waals surface area contributed by atoms with Gasteiger partial charge in [0.05, 0.1) is 33.0 Å². The molecule has 2 rings (SSSR count). The minimum atomic E-state index is -0.0663. The number of ether oxygens (including phenoxy) is 5. The highest BCUT2D eigenvalue weighted by Gasteiger charge is 2.21. The summed E-state index contributed by atoms with van der Waals surface area (Å²) >= 11 is 0. The lowest BCUT2D eigenvalue weighted by Gasteiger charge is -2.26. The largest absolute Gasteiger partial charge is 0.504 e. The summed E-state index contributed by atoms with van der Waals surface area (Å²) in [4.78, 5) is 0. The lowest BCUT2D eigenvalue weighted by molar-refractivity contribution is -0.169. The van der Waals surface area contributed by atoms with Gasteiger partial charge in [0, 0.05) is 6.61 Å². The molecule has 1 aromatic carbocycles. The maximum absolute atomic E-state index is 10.3. The molecule has 1 fully saturated rings. The van der Waals surface area contributed by atoms with Crippen molar-refractivity contribution >= 4 is 0 Å². The van der Waals surface area contributed by atoms with Gasteiger partial charge in [-0.1, -0.05) is 46.1 Å². The number of aromatic hydroxyl groups is 1. The van der Waals surface area contributed by atoms with E-state index in [1.165, 1.54) is 25.7 Å². The third kappa shape index (κ3) is 10.2. The van der Waals surface area contributed by atoms with Crippen LogP contribution in [0.2, 0.25) is 0 Å². The maximum atomic E-state index is 10.3. The molecule has 1 aromatic rings. The van der Waals surface area contributed by atoms with E-state index in [9.17, 15) is 5.11 Å². The van der Waals surface area contributed by atoms with E-state index in [-0.39, 0.29) is 17.5 Å². The van der Waals surface area contributed by atoms with Gasteiger partial charge < -0.3 is 28.8 Å². The molecule has 1 N–H and O–H groups in total. The number of rotatable bonds is 16. The molecule has 0 radical (unpaired) electrons. The first-order valence-corrected chi connectivity index (χ1v) is 11.9. The van der Waals surface area contributed by atoms with E-state index in [1.54, 1.807) is 0 Å². The van der Waals surface area contributed by atoms with E-state index in [4.69, 9.17) is 23.7 Å². The zero-order valence-corrected chi connectivity index (χ0v) is 19.7. The Bertz CT molecular complexity index is 598. The van der Waals surface area contributed by atoms with Crippen molar-refractivity contribution in [2.24, 2.45) is 0 Å². The Balaban J connectivity index is 1.53. The number of phenols is 1. The van der Waals surface area contributed by atoms with Crippen molar-refractivity contribution in [1.29, 1.82) is 0 Å². The molecule has 0 aliphatic carbocycles. The van der Waals surface area contributed by atoms with Crippen molar-refractivity contribution in [3.8, 4) is 11.5 Å². The lowest BCUT2D eigenvalue weighted by atomic mass is 9.80. The molecule has 0 amide bonds. The standard InChI is InChI=1S/C25H42O6/c1-4-5-7-12-25(2,3)21-10-11-23(22(26)20-21)29-18-16-27-14-15-28-17-19-31-24-9-6-8-13-30-24/h10-11,20,24,26H,4-9,12-19H2,1-3H3. The zero-order valence-electron chi connectivity index (χ0n) is 19.7. The van der Waals surface area contributed by atoms with Crippen LogP contribution in [0.25, 0.3) is 0 Å². The first-order chi connectivity index (χ1) is 15.0. The zero-order chi connectivity index (χ0) is 22.4. The van der Waals surface area contributed by atoms with Crippen LogP contribution in [0.15, 0.2) is 18.2 Å². The Labute approximate surface area is 188 Å². The fourth-order valence-electron chi connectivity index (χ4n) is 3.64. The van der Waals surface area contributed by atoms with Gasteiger partial charge in [-0.2, -0.15) is 0 Å². The van der Waals surface area contributed by atoms with Crippen LogP contribution in [-0.4, -0.2) is 57.6 Å². The van der Waals surface area contributed by atoms with Gasteiger partial charge in [0.15, 0.2) is 17.8 Å². The van der Waals surface area contributed by atoms with Crippen molar-refractivity contribution in [2.45, 2.75) is 77.4 Å². The molecule has 1 heterocycles. The second kappa shape index (κ2) is 14.7. The summed E-state index contributed by atoms with van der Waals surface area (Å²) in [5.41, 5.74) is 1.18. The Morgan fingerprint density at radius 1 is 1.00 bits per heavy atom. The third-order valence-electron chi connectivity index (χ3n) is 5.67. The quantitative estimate of drug-likeness (QED) is 0.358. The van der Waals surface area contributed by atoms with Gasteiger partial charge in [-0.15, -0.1) is 0 Å². The molecule has 0 saturated carbocycles. The SMILES string of the molecule is CCCCCC(C)(C)c1ccc(OCCOCCOCCOC2CCCCO2)c(O)c1. The van der Waals surface area contributed by atoms with Crippen LogP contribution in [0.1, 0.15) is 71.3 Å². The summed E-state index contributed by atoms with van der Waals surface area (Å²) in [6, 6.07) is 5.73. The van der Waals surface area contributed by atoms with Gasteiger partial charge in [0.25, 0.3) is 0 Å². The Morgan fingerprint density at radius 3 is 2.42 bits per heavy atom. The first kappa shape index (κ1) is 25.9. The van der Waals surface area contributed by atoms with E-state index < -0.39 is 0 Å². The second-order valence-electron chi connectivity index (χ2n) is 8.76. The minimum Gasteiger partial charge on any atom is -0.504 e. The van der Waals surface area contributed by atoms with Crippen LogP contribution in [0.4, 0.5) is 0 Å². The van der Waals surface area contributed by atoms with Crippen LogP contribution in [-0.2, 0) is 24.4 Å². The molecule has 178 valence electrons. The molecule has 1 aliphatic heterocycles. The summed E-state index contributed by atoms with van der Waals surface area (Å²) in [6.45, 7) is 10.4. The molecule has 0 aromatic heterocycles. The molecule has 31 heavy (non-hydrogen) atoms. The molecule has 6 nitrogen and oxygen atoms in total. The molecule has 1 unspecified atom stereocenters. The van der Waals surface area contributed by atoms with E-state index >= 15 is 0 Å². The maximum Gasteiger partial charge on any atom is 0.161 e. The van der Waals surface area contributed by atoms with Crippen LogP contribution < -0.4 is 4.74 Å². The van der Waals surface area contributed by atoms with Gasteiger partial charge >= 0.3 is 0 Å². The highest BCUT2D eigenvalue weighted by Crippen LogP contribution is 2.35. The minimum absolute atomic E-state index is 0.0444. The van der Waals surface area contributed by atoms with Crippen LogP contribution in [0.5, 0.6) is 11.5 Å². The Hall–Kier alpha value is -1.34. The van der Waals surface area contributed by atoms with Gasteiger partial charge in [-0.05, 0) is 48.8 Å². The monoisotopic (exact) mass is 438 g/mol. The fraction of sp³-hybridized carbons (Fsp3) is 0.760.